The number of fused-ring (bicyclic) bond motifs is 1. The molecule has 0 bridgehead atoms. The molecular weight excluding hydrogens is 370 g/mol. The van der Waals surface area contributed by atoms with Crippen molar-refractivity contribution < 1.29 is 47.2 Å². The number of halogens is 2. The fourth-order valence-electron chi connectivity index (χ4n) is 2.65. The van der Waals surface area contributed by atoms with Crippen molar-refractivity contribution in [3.05, 3.63) is 41.0 Å². The predicted molar refractivity (Wildman–Crippen MR) is 75.6 cm³/mol. The third kappa shape index (κ3) is 4.56. The third-order valence-electron chi connectivity index (χ3n) is 3.81. The van der Waals surface area contributed by atoms with Gasteiger partial charge in [0.25, 0.3) is 0 Å². The van der Waals surface area contributed by atoms with Gasteiger partial charge in [0, 0.05) is 0 Å². The van der Waals surface area contributed by atoms with Crippen LogP contribution in [0.3, 0.4) is 0 Å². The molecule has 1 unspecified atom stereocenters. The summed E-state index contributed by atoms with van der Waals surface area (Å²) in [5.74, 6) is -0.327. The summed E-state index contributed by atoms with van der Waals surface area (Å²) < 4.78 is 0.927. The molecule has 4 heteroatoms. The molecule has 2 rings (SSSR count). The second kappa shape index (κ2) is 9.55. The first-order valence-electron chi connectivity index (χ1n) is 6.85. The van der Waals surface area contributed by atoms with Crippen LogP contribution in [0.15, 0.2) is 29.8 Å². The van der Waals surface area contributed by atoms with Crippen molar-refractivity contribution in [2.75, 3.05) is 0 Å². The van der Waals surface area contributed by atoms with Crippen molar-refractivity contribution in [3.8, 4) is 0 Å². The van der Waals surface area contributed by atoms with Crippen molar-refractivity contribution in [3.63, 3.8) is 0 Å². The number of hydrogen-bond donors (Lipinski definition) is 0. The molecule has 19 heavy (non-hydrogen) atoms. The van der Waals surface area contributed by atoms with E-state index in [2.05, 4.69) is 51.1 Å². The third-order valence-corrected chi connectivity index (χ3v) is 20.2. The molecule has 1 aromatic carbocycles. The minimum absolute atomic E-state index is 0. The summed E-state index contributed by atoms with van der Waals surface area (Å²) in [5, 5.41) is 0. The van der Waals surface area contributed by atoms with Gasteiger partial charge < -0.3 is 24.8 Å². The second-order valence-electron chi connectivity index (χ2n) is 4.81. The maximum absolute atomic E-state index is 2.48. The van der Waals surface area contributed by atoms with Crippen molar-refractivity contribution in [1.82, 2.24) is 0 Å². The van der Waals surface area contributed by atoms with Crippen LogP contribution in [0.5, 0.6) is 0 Å². The van der Waals surface area contributed by atoms with Crippen LogP contribution >= 0.6 is 0 Å². The monoisotopic (exact) mass is 390 g/mol. The molecule has 0 spiro atoms. The first-order chi connectivity index (χ1) is 8.30. The average Bonchev–Trinajstić information content (AvgIpc) is 2.73. The van der Waals surface area contributed by atoms with Gasteiger partial charge in [0.15, 0.2) is 0 Å². The van der Waals surface area contributed by atoms with E-state index >= 15 is 0 Å². The normalized spacial score (nSPS) is 16.0. The molecule has 1 atom stereocenters. The summed E-state index contributed by atoms with van der Waals surface area (Å²) >= 11 is -0.202. The van der Waals surface area contributed by atoms with E-state index in [9.17, 15) is 0 Å². The van der Waals surface area contributed by atoms with Crippen LogP contribution in [-0.4, -0.2) is 5.92 Å². The van der Waals surface area contributed by atoms with E-state index in [0.717, 1.165) is 3.63 Å². The van der Waals surface area contributed by atoms with Crippen LogP contribution in [0.25, 0.3) is 6.08 Å². The number of hydrogen-bond acceptors (Lipinski definition) is 0. The van der Waals surface area contributed by atoms with E-state index in [0.29, 0.717) is 0 Å². The fraction of sp³-hybridized carbons (Fsp3) is 0.467. The van der Waals surface area contributed by atoms with Crippen molar-refractivity contribution in [1.29, 1.82) is 0 Å². The number of benzene rings is 1. The van der Waals surface area contributed by atoms with Crippen LogP contribution in [0, 0.1) is 0 Å². The van der Waals surface area contributed by atoms with Crippen LogP contribution in [0.4, 0.5) is 0 Å². The van der Waals surface area contributed by atoms with Gasteiger partial charge in [0.2, 0.25) is 0 Å². The Hall–Kier alpha value is 0.640. The van der Waals surface area contributed by atoms with E-state index < -0.39 is 0 Å². The van der Waals surface area contributed by atoms with Crippen LogP contribution in [0.2, 0.25) is 12.1 Å². The van der Waals surface area contributed by atoms with Crippen LogP contribution < -0.4 is 24.8 Å². The first-order valence-corrected chi connectivity index (χ1v) is 14.7. The molecule has 0 radical (unpaired) electrons. The van der Waals surface area contributed by atoms with Gasteiger partial charge in [0.1, 0.15) is 0 Å². The van der Waals surface area contributed by atoms with E-state index in [1.807, 2.05) is 0 Å². The Balaban J connectivity index is 0.00000162. The zero-order valence-corrected chi connectivity index (χ0v) is 17.0. The minimum atomic E-state index is -0.327. The maximum atomic E-state index is 2.48. The Bertz CT molecular complexity index is 416. The van der Waals surface area contributed by atoms with E-state index in [-0.39, 0.29) is 53.1 Å². The van der Waals surface area contributed by atoms with Crippen LogP contribution in [0.1, 0.15) is 41.9 Å². The molecule has 0 heterocycles. The van der Waals surface area contributed by atoms with Crippen molar-refractivity contribution in [2.45, 2.75) is 42.9 Å². The van der Waals surface area contributed by atoms with E-state index in [1.54, 1.807) is 11.1 Å². The van der Waals surface area contributed by atoms with Crippen molar-refractivity contribution >= 4 is 12.0 Å². The smallest absolute Gasteiger partial charge is 1.00 e. The van der Waals surface area contributed by atoms with Gasteiger partial charge in [-0.2, -0.15) is 0 Å². The fourth-order valence-corrected chi connectivity index (χ4v) is 15.8. The van der Waals surface area contributed by atoms with Gasteiger partial charge in [0.05, 0.1) is 0 Å². The van der Waals surface area contributed by atoms with Gasteiger partial charge >= 0.3 is 118 Å². The quantitative estimate of drug-likeness (QED) is 0.529. The molecular formula is C15H22Cl2SiZr. The van der Waals surface area contributed by atoms with Gasteiger partial charge in [-0.3, -0.25) is 0 Å². The zero-order chi connectivity index (χ0) is 12.3. The van der Waals surface area contributed by atoms with Crippen LogP contribution in [-0.2, 0) is 22.4 Å². The summed E-state index contributed by atoms with van der Waals surface area (Å²) in [7, 11) is 0. The Morgan fingerprint density at radius 2 is 1.68 bits per heavy atom. The van der Waals surface area contributed by atoms with Gasteiger partial charge in [-0.05, 0) is 0 Å². The predicted octanol–water partition coefficient (Wildman–Crippen LogP) is -1.61. The van der Waals surface area contributed by atoms with Gasteiger partial charge in [-0.1, -0.05) is 0 Å². The Morgan fingerprint density at radius 3 is 2.26 bits per heavy atom. The molecule has 0 fully saturated rings. The maximum Gasteiger partial charge on any atom is -1.00 e. The van der Waals surface area contributed by atoms with Gasteiger partial charge in [-0.15, -0.1) is 0 Å². The summed E-state index contributed by atoms with van der Waals surface area (Å²) in [6.45, 7) is 7.19. The molecule has 0 N–H and O–H groups in total. The molecule has 0 nitrogen and oxygen atoms in total. The first kappa shape index (κ1) is 19.6. The molecule has 0 saturated carbocycles. The average molecular weight is 393 g/mol. The topological polar surface area (TPSA) is 0 Å². The summed E-state index contributed by atoms with van der Waals surface area (Å²) in [6, 6.07) is 12.2. The molecule has 0 amide bonds. The molecule has 0 aliphatic heterocycles. The number of rotatable bonds is 5. The summed E-state index contributed by atoms with van der Waals surface area (Å²) in [5.41, 5.74) is 4.95. The van der Waals surface area contributed by atoms with Crippen molar-refractivity contribution in [2.24, 2.45) is 0 Å². The Kier molecular flexibility index (Phi) is 9.88. The molecule has 1 aliphatic rings. The van der Waals surface area contributed by atoms with E-state index in [4.69, 9.17) is 0 Å². The molecule has 1 aliphatic carbocycles. The minimum Gasteiger partial charge on any atom is -1.00 e. The Labute approximate surface area is 142 Å². The Morgan fingerprint density at radius 1 is 1.05 bits per heavy atom. The number of allylic oxidation sites excluding steroid dienone is 1. The molecule has 0 aromatic heterocycles. The molecule has 1 aromatic rings. The standard InChI is InChI=1S/C11H11.C4H11Si.2ClH.Zr/c1-2-9-7-10-5-3-4-6-11(10)8-9;1-3-5-4-2;;;/h3-8H,2H2,1H3;5H,3-4H2,1-2H3;2*1H;/q;;;;+2/p-2. The summed E-state index contributed by atoms with van der Waals surface area (Å²) in [4.78, 5) is 0. The summed E-state index contributed by atoms with van der Waals surface area (Å²) in [6.07, 6.45) is 3.74. The van der Waals surface area contributed by atoms with Gasteiger partial charge in [-0.25, -0.2) is 0 Å². The van der Waals surface area contributed by atoms with E-state index in [1.165, 1.54) is 24.1 Å². The largest absolute Gasteiger partial charge is 1.00 e. The zero-order valence-electron chi connectivity index (χ0n) is 11.9. The molecule has 0 saturated heterocycles. The second-order valence-corrected chi connectivity index (χ2v) is 18.1. The molecule has 104 valence electrons. The SMILES string of the molecule is CCC1=Cc2ccccc2[CH]1[Zr+2][SiH](CC)CC.[Cl-].[Cl-].